The zero-order chi connectivity index (χ0) is 21.2. The first-order valence-corrected chi connectivity index (χ1v) is 9.62. The molecule has 5 nitrogen and oxygen atoms in total. The molecule has 0 spiro atoms. The minimum atomic E-state index is -1.07. The molecule has 1 amide bonds. The smallest absolute Gasteiger partial charge is 0.326 e. The summed E-state index contributed by atoms with van der Waals surface area (Å²) in [5, 5.41) is 11.9. The van der Waals surface area contributed by atoms with Gasteiger partial charge in [0.05, 0.1) is 0 Å². The Labute approximate surface area is 175 Å². The van der Waals surface area contributed by atoms with Gasteiger partial charge in [0.2, 0.25) is 5.91 Å². The van der Waals surface area contributed by atoms with Crippen molar-refractivity contribution in [3.8, 4) is 5.75 Å². The maximum Gasteiger partial charge on any atom is 0.326 e. The van der Waals surface area contributed by atoms with E-state index in [1.54, 1.807) is 6.08 Å². The average molecular weight is 401 g/mol. The molecule has 0 heterocycles. The number of aliphatic carboxylic acids is 1. The summed E-state index contributed by atoms with van der Waals surface area (Å²) in [4.78, 5) is 23.6. The van der Waals surface area contributed by atoms with Crippen LogP contribution in [0.5, 0.6) is 5.75 Å². The van der Waals surface area contributed by atoms with Gasteiger partial charge in [-0.15, -0.1) is 0 Å². The Hall–Kier alpha value is -3.86. The zero-order valence-corrected chi connectivity index (χ0v) is 16.4. The Morgan fingerprint density at radius 2 is 1.47 bits per heavy atom. The summed E-state index contributed by atoms with van der Waals surface area (Å²) in [6.45, 7) is 0.483. The highest BCUT2D eigenvalue weighted by molar-refractivity contribution is 5.94. The number of carboxylic acids is 1. The summed E-state index contributed by atoms with van der Waals surface area (Å²) in [5.41, 5.74) is 2.74. The van der Waals surface area contributed by atoms with Crippen molar-refractivity contribution in [3.63, 3.8) is 0 Å². The molecule has 152 valence electrons. The molecule has 0 aliphatic rings. The first-order valence-electron chi connectivity index (χ1n) is 9.62. The van der Waals surface area contributed by atoms with Crippen LogP contribution in [0.2, 0.25) is 0 Å². The Morgan fingerprint density at radius 3 is 2.07 bits per heavy atom. The van der Waals surface area contributed by atoms with Gasteiger partial charge in [-0.25, -0.2) is 4.79 Å². The van der Waals surface area contributed by atoms with Crippen LogP contribution in [0.15, 0.2) is 91.0 Å². The van der Waals surface area contributed by atoms with Crippen LogP contribution in [0.3, 0.4) is 0 Å². The number of benzene rings is 3. The van der Waals surface area contributed by atoms with Gasteiger partial charge in [-0.1, -0.05) is 72.8 Å². The van der Waals surface area contributed by atoms with E-state index in [0.717, 1.165) is 22.4 Å². The third kappa shape index (κ3) is 6.63. The number of nitrogens with one attached hydrogen (secondary N) is 1. The quantitative estimate of drug-likeness (QED) is 0.530. The summed E-state index contributed by atoms with van der Waals surface area (Å²) in [6, 6.07) is 25.4. The van der Waals surface area contributed by atoms with Crippen molar-refractivity contribution < 1.29 is 19.4 Å². The standard InChI is InChI=1S/C25H23NO4/c27-24(26-23(25(28)29)17-20-7-3-1-4-8-20)16-13-19-11-14-22(15-12-19)30-18-21-9-5-2-6-10-21/h1-16,23H,17-18H2,(H,26,27)(H,28,29)/b16-13+. The molecular weight excluding hydrogens is 378 g/mol. The number of ether oxygens (including phenoxy) is 1. The Morgan fingerprint density at radius 1 is 0.867 bits per heavy atom. The molecule has 3 aromatic rings. The predicted molar refractivity (Wildman–Crippen MR) is 116 cm³/mol. The highest BCUT2D eigenvalue weighted by Gasteiger charge is 2.19. The Bertz CT molecular complexity index is 983. The van der Waals surface area contributed by atoms with Crippen molar-refractivity contribution in [2.24, 2.45) is 0 Å². The number of rotatable bonds is 9. The third-order valence-electron chi connectivity index (χ3n) is 4.45. The van der Waals surface area contributed by atoms with E-state index in [4.69, 9.17) is 4.74 Å². The Kier molecular flexibility index (Phi) is 7.39. The van der Waals surface area contributed by atoms with Gasteiger partial charge in [-0.3, -0.25) is 4.79 Å². The molecule has 0 fully saturated rings. The summed E-state index contributed by atoms with van der Waals surface area (Å²) >= 11 is 0. The summed E-state index contributed by atoms with van der Waals surface area (Å²) < 4.78 is 5.74. The third-order valence-corrected chi connectivity index (χ3v) is 4.45. The molecule has 3 rings (SSSR count). The van der Waals surface area contributed by atoms with E-state index < -0.39 is 17.9 Å². The molecule has 0 saturated heterocycles. The van der Waals surface area contributed by atoms with Crippen LogP contribution in [0, 0.1) is 0 Å². The number of amides is 1. The largest absolute Gasteiger partial charge is 0.489 e. The molecule has 30 heavy (non-hydrogen) atoms. The normalized spacial score (nSPS) is 11.7. The van der Waals surface area contributed by atoms with E-state index >= 15 is 0 Å². The highest BCUT2D eigenvalue weighted by Crippen LogP contribution is 2.15. The molecule has 0 aliphatic carbocycles. The fourth-order valence-corrected chi connectivity index (χ4v) is 2.86. The number of carbonyl (C=O) groups excluding carboxylic acids is 1. The van der Waals surface area contributed by atoms with Gasteiger partial charge in [0.15, 0.2) is 0 Å². The van der Waals surface area contributed by atoms with Crippen LogP contribution >= 0.6 is 0 Å². The van der Waals surface area contributed by atoms with Crippen LogP contribution in [0.1, 0.15) is 16.7 Å². The van der Waals surface area contributed by atoms with E-state index in [9.17, 15) is 14.7 Å². The summed E-state index contributed by atoms with van der Waals surface area (Å²) in [7, 11) is 0. The van der Waals surface area contributed by atoms with Crippen molar-refractivity contribution in [2.75, 3.05) is 0 Å². The van der Waals surface area contributed by atoms with Gasteiger partial charge in [-0.2, -0.15) is 0 Å². The molecule has 0 radical (unpaired) electrons. The monoisotopic (exact) mass is 401 g/mol. The summed E-state index contributed by atoms with van der Waals surface area (Å²) in [5.74, 6) is -0.794. The zero-order valence-electron chi connectivity index (χ0n) is 16.4. The van der Waals surface area contributed by atoms with Crippen molar-refractivity contribution in [2.45, 2.75) is 19.1 Å². The van der Waals surface area contributed by atoms with Gasteiger partial charge in [0.25, 0.3) is 0 Å². The SMILES string of the molecule is O=C(/C=C/c1ccc(OCc2ccccc2)cc1)NC(Cc1ccccc1)C(=O)O. The second-order valence-corrected chi connectivity index (χ2v) is 6.77. The lowest BCUT2D eigenvalue weighted by Gasteiger charge is -2.13. The number of hydrogen-bond donors (Lipinski definition) is 2. The second kappa shape index (κ2) is 10.6. The molecule has 3 aromatic carbocycles. The van der Waals surface area contributed by atoms with Crippen LogP contribution in [-0.4, -0.2) is 23.0 Å². The van der Waals surface area contributed by atoms with Crippen LogP contribution in [0.4, 0.5) is 0 Å². The minimum Gasteiger partial charge on any atom is -0.489 e. The van der Waals surface area contributed by atoms with Crippen molar-refractivity contribution in [1.82, 2.24) is 5.32 Å². The molecular formula is C25H23NO4. The first-order chi connectivity index (χ1) is 14.6. The molecule has 0 aromatic heterocycles. The van der Waals surface area contributed by atoms with Gasteiger partial charge in [0, 0.05) is 12.5 Å². The first kappa shape index (κ1) is 20.9. The van der Waals surface area contributed by atoms with Crippen molar-refractivity contribution >= 4 is 18.0 Å². The molecule has 1 atom stereocenters. The van der Waals surface area contributed by atoms with E-state index in [-0.39, 0.29) is 6.42 Å². The molecule has 1 unspecified atom stereocenters. The lowest BCUT2D eigenvalue weighted by atomic mass is 10.1. The fourth-order valence-electron chi connectivity index (χ4n) is 2.86. The van der Waals surface area contributed by atoms with Gasteiger partial charge in [0.1, 0.15) is 18.4 Å². The van der Waals surface area contributed by atoms with Crippen LogP contribution in [0.25, 0.3) is 6.08 Å². The molecule has 0 saturated carbocycles. The van der Waals surface area contributed by atoms with E-state index in [1.165, 1.54) is 6.08 Å². The van der Waals surface area contributed by atoms with Crippen molar-refractivity contribution in [3.05, 3.63) is 108 Å². The number of carboxylic acid groups (broad SMARTS) is 1. The molecule has 0 bridgehead atoms. The number of carbonyl (C=O) groups is 2. The van der Waals surface area contributed by atoms with Crippen LogP contribution < -0.4 is 10.1 Å². The highest BCUT2D eigenvalue weighted by atomic mass is 16.5. The Balaban J connectivity index is 1.52. The van der Waals surface area contributed by atoms with Gasteiger partial charge < -0.3 is 15.2 Å². The lowest BCUT2D eigenvalue weighted by molar-refractivity contribution is -0.141. The van der Waals surface area contributed by atoms with E-state index in [1.807, 2.05) is 84.9 Å². The topological polar surface area (TPSA) is 75.6 Å². The maximum absolute atomic E-state index is 12.2. The molecule has 2 N–H and O–H groups in total. The van der Waals surface area contributed by atoms with E-state index in [2.05, 4.69) is 5.32 Å². The fraction of sp³-hybridized carbons (Fsp3) is 0.120. The van der Waals surface area contributed by atoms with Gasteiger partial charge in [-0.05, 0) is 34.9 Å². The average Bonchev–Trinajstić information content (AvgIpc) is 2.78. The van der Waals surface area contributed by atoms with E-state index in [0.29, 0.717) is 6.61 Å². The summed E-state index contributed by atoms with van der Waals surface area (Å²) in [6.07, 6.45) is 3.20. The minimum absolute atomic E-state index is 0.225. The predicted octanol–water partition coefficient (Wildman–Crippen LogP) is 4.09. The number of hydrogen-bond acceptors (Lipinski definition) is 3. The molecule has 5 heteroatoms. The lowest BCUT2D eigenvalue weighted by Crippen LogP contribution is -2.41. The van der Waals surface area contributed by atoms with Crippen molar-refractivity contribution in [1.29, 1.82) is 0 Å². The second-order valence-electron chi connectivity index (χ2n) is 6.77. The van der Waals surface area contributed by atoms with Gasteiger partial charge >= 0.3 is 5.97 Å². The maximum atomic E-state index is 12.2. The molecule has 0 aliphatic heterocycles. The van der Waals surface area contributed by atoms with Crippen LogP contribution in [-0.2, 0) is 22.6 Å².